The minimum absolute atomic E-state index is 0.292. The summed E-state index contributed by atoms with van der Waals surface area (Å²) in [6.07, 6.45) is -0.292. The number of carbonyl (C=O) groups is 1. The average molecular weight is 232 g/mol. The second-order valence-corrected chi connectivity index (χ2v) is 3.43. The lowest BCUT2D eigenvalue weighted by Gasteiger charge is -2.06. The van der Waals surface area contributed by atoms with Crippen molar-refractivity contribution < 1.29 is 14.3 Å². The molecule has 0 aliphatic carbocycles. The highest BCUT2D eigenvalue weighted by Crippen LogP contribution is 2.02. The summed E-state index contributed by atoms with van der Waals surface area (Å²) >= 11 is 0. The van der Waals surface area contributed by atoms with Crippen LogP contribution in [0.15, 0.2) is 30.3 Å². The number of ether oxygens (including phenoxy) is 2. The second kappa shape index (κ2) is 7.48. The number of esters is 1. The highest BCUT2D eigenvalue weighted by Gasteiger charge is 1.99. The van der Waals surface area contributed by atoms with E-state index in [9.17, 15) is 4.79 Å². The predicted octanol–water partition coefficient (Wildman–Crippen LogP) is 2.16. The Bertz CT molecular complexity index is 400. The van der Waals surface area contributed by atoms with Gasteiger partial charge in [0.15, 0.2) is 0 Å². The van der Waals surface area contributed by atoms with Crippen molar-refractivity contribution in [3.8, 4) is 11.8 Å². The first-order valence-electron chi connectivity index (χ1n) is 5.56. The molecule has 0 heterocycles. The first kappa shape index (κ1) is 13.3. The van der Waals surface area contributed by atoms with Crippen LogP contribution in [-0.2, 0) is 20.9 Å². The highest BCUT2D eigenvalue weighted by atomic mass is 16.5. The van der Waals surface area contributed by atoms with Crippen LogP contribution < -0.4 is 0 Å². The fraction of sp³-hybridized carbons (Fsp3) is 0.357. The molecule has 0 amide bonds. The van der Waals surface area contributed by atoms with Gasteiger partial charge in [-0.3, -0.25) is 0 Å². The lowest BCUT2D eigenvalue weighted by molar-refractivity contribution is -0.136. The molecule has 0 aliphatic rings. The Hall–Kier alpha value is -1.79. The monoisotopic (exact) mass is 232 g/mol. The summed E-state index contributed by atoms with van der Waals surface area (Å²) in [5, 5.41) is 0. The van der Waals surface area contributed by atoms with Crippen LogP contribution in [0, 0.1) is 11.8 Å². The Labute approximate surface area is 102 Å². The van der Waals surface area contributed by atoms with Gasteiger partial charge in [-0.15, -0.1) is 0 Å². The van der Waals surface area contributed by atoms with E-state index in [-0.39, 0.29) is 6.10 Å². The largest absolute Gasteiger partial charge is 0.456 e. The molecule has 0 radical (unpaired) electrons. The van der Waals surface area contributed by atoms with Crippen LogP contribution in [0.2, 0.25) is 0 Å². The Morgan fingerprint density at radius 3 is 2.71 bits per heavy atom. The number of benzene rings is 1. The van der Waals surface area contributed by atoms with Crippen LogP contribution in [0.5, 0.6) is 0 Å². The fourth-order valence-corrected chi connectivity index (χ4v) is 1.16. The zero-order valence-electron chi connectivity index (χ0n) is 10.1. The number of rotatable bonds is 4. The van der Waals surface area contributed by atoms with E-state index in [1.807, 2.05) is 30.3 Å². The number of hydrogen-bond acceptors (Lipinski definition) is 3. The Morgan fingerprint density at radius 1 is 1.35 bits per heavy atom. The van der Waals surface area contributed by atoms with Crippen molar-refractivity contribution in [3.63, 3.8) is 0 Å². The summed E-state index contributed by atoms with van der Waals surface area (Å²) in [6.45, 7) is 4.37. The van der Waals surface area contributed by atoms with E-state index in [0.29, 0.717) is 13.2 Å². The van der Waals surface area contributed by atoms with Gasteiger partial charge in [-0.05, 0) is 19.4 Å². The Kier molecular flexibility index (Phi) is 5.84. The third-order valence-corrected chi connectivity index (χ3v) is 2.00. The molecule has 0 saturated carbocycles. The molecular formula is C14H16O3. The molecule has 3 heteroatoms. The predicted molar refractivity (Wildman–Crippen MR) is 65.1 cm³/mol. The van der Waals surface area contributed by atoms with Gasteiger partial charge < -0.3 is 9.47 Å². The molecule has 0 fully saturated rings. The van der Waals surface area contributed by atoms with Gasteiger partial charge >= 0.3 is 5.97 Å². The highest BCUT2D eigenvalue weighted by molar-refractivity contribution is 5.88. The van der Waals surface area contributed by atoms with Gasteiger partial charge in [-0.1, -0.05) is 36.3 Å². The van der Waals surface area contributed by atoms with Gasteiger partial charge in [0.1, 0.15) is 6.10 Å². The van der Waals surface area contributed by atoms with Crippen molar-refractivity contribution in [2.45, 2.75) is 26.6 Å². The zero-order chi connectivity index (χ0) is 12.5. The van der Waals surface area contributed by atoms with Crippen LogP contribution in [-0.4, -0.2) is 18.7 Å². The van der Waals surface area contributed by atoms with Gasteiger partial charge in [-0.2, -0.15) is 0 Å². The van der Waals surface area contributed by atoms with Crippen molar-refractivity contribution in [3.05, 3.63) is 35.9 Å². The molecular weight excluding hydrogens is 216 g/mol. The van der Waals surface area contributed by atoms with Crippen molar-refractivity contribution in [1.29, 1.82) is 0 Å². The van der Waals surface area contributed by atoms with E-state index < -0.39 is 5.97 Å². The van der Waals surface area contributed by atoms with Gasteiger partial charge in [-0.25, -0.2) is 4.79 Å². The third kappa shape index (κ3) is 5.74. The molecule has 3 nitrogen and oxygen atoms in total. The van der Waals surface area contributed by atoms with Crippen molar-refractivity contribution >= 4 is 5.97 Å². The molecule has 0 bridgehead atoms. The maximum Gasteiger partial charge on any atom is 0.384 e. The molecule has 0 saturated heterocycles. The summed E-state index contributed by atoms with van der Waals surface area (Å²) in [5.74, 6) is 4.56. The SMILES string of the molecule is CCOC(=O)C#C[C@H](C)OCc1ccccc1. The van der Waals surface area contributed by atoms with Gasteiger partial charge in [0, 0.05) is 5.92 Å². The van der Waals surface area contributed by atoms with E-state index in [2.05, 4.69) is 16.6 Å². The maximum atomic E-state index is 11.0. The normalized spacial score (nSPS) is 11.2. The van der Waals surface area contributed by atoms with Crippen LogP contribution in [0.3, 0.4) is 0 Å². The summed E-state index contributed by atoms with van der Waals surface area (Å²) < 4.78 is 10.2. The Morgan fingerprint density at radius 2 is 2.06 bits per heavy atom. The van der Waals surface area contributed by atoms with Crippen molar-refractivity contribution in [2.75, 3.05) is 6.61 Å². The van der Waals surface area contributed by atoms with E-state index in [1.54, 1.807) is 13.8 Å². The quantitative estimate of drug-likeness (QED) is 0.453. The lowest BCUT2D eigenvalue weighted by Crippen LogP contribution is -2.07. The minimum Gasteiger partial charge on any atom is -0.456 e. The molecule has 17 heavy (non-hydrogen) atoms. The first-order valence-corrected chi connectivity index (χ1v) is 5.56. The van der Waals surface area contributed by atoms with E-state index in [4.69, 9.17) is 4.74 Å². The smallest absolute Gasteiger partial charge is 0.384 e. The maximum absolute atomic E-state index is 11.0. The van der Waals surface area contributed by atoms with E-state index in [0.717, 1.165) is 5.56 Å². The second-order valence-electron chi connectivity index (χ2n) is 3.43. The van der Waals surface area contributed by atoms with Crippen LogP contribution >= 0.6 is 0 Å². The molecule has 1 aromatic carbocycles. The van der Waals surface area contributed by atoms with Crippen molar-refractivity contribution in [1.82, 2.24) is 0 Å². The molecule has 0 N–H and O–H groups in total. The molecule has 1 atom stereocenters. The van der Waals surface area contributed by atoms with E-state index >= 15 is 0 Å². The molecule has 0 spiro atoms. The Balaban J connectivity index is 2.35. The van der Waals surface area contributed by atoms with Gasteiger partial charge in [0.05, 0.1) is 13.2 Å². The summed E-state index contributed by atoms with van der Waals surface area (Å²) in [6, 6.07) is 9.81. The van der Waals surface area contributed by atoms with Crippen molar-refractivity contribution in [2.24, 2.45) is 0 Å². The first-order chi connectivity index (χ1) is 8.22. The topological polar surface area (TPSA) is 35.5 Å². The summed E-state index contributed by atoms with van der Waals surface area (Å²) in [4.78, 5) is 11.0. The van der Waals surface area contributed by atoms with E-state index in [1.165, 1.54) is 0 Å². The van der Waals surface area contributed by atoms with Gasteiger partial charge in [0.25, 0.3) is 0 Å². The summed E-state index contributed by atoms with van der Waals surface area (Å²) in [5.41, 5.74) is 1.08. The standard InChI is InChI=1S/C14H16O3/c1-3-16-14(15)10-9-12(2)17-11-13-7-5-4-6-8-13/h4-8,12H,3,11H2,1-2H3/t12-/m0/s1. The number of carbonyl (C=O) groups excluding carboxylic acids is 1. The summed E-state index contributed by atoms with van der Waals surface area (Å²) in [7, 11) is 0. The zero-order valence-corrected chi connectivity index (χ0v) is 10.1. The van der Waals surface area contributed by atoms with Gasteiger partial charge in [0.2, 0.25) is 0 Å². The van der Waals surface area contributed by atoms with Crippen LogP contribution in [0.25, 0.3) is 0 Å². The average Bonchev–Trinajstić information content (AvgIpc) is 2.35. The molecule has 1 aromatic rings. The fourth-order valence-electron chi connectivity index (χ4n) is 1.16. The molecule has 0 aromatic heterocycles. The van der Waals surface area contributed by atoms with Crippen LogP contribution in [0.4, 0.5) is 0 Å². The van der Waals surface area contributed by atoms with Crippen LogP contribution in [0.1, 0.15) is 19.4 Å². The lowest BCUT2D eigenvalue weighted by atomic mass is 10.2. The molecule has 90 valence electrons. The molecule has 0 unspecified atom stereocenters. The third-order valence-electron chi connectivity index (χ3n) is 2.00. The minimum atomic E-state index is -0.511. The molecule has 1 rings (SSSR count). The molecule has 0 aliphatic heterocycles. The number of hydrogen-bond donors (Lipinski definition) is 0.